The highest BCUT2D eigenvalue weighted by Gasteiger charge is 2.32. The van der Waals surface area contributed by atoms with Crippen LogP contribution in [0.25, 0.3) is 0 Å². The third-order valence-corrected chi connectivity index (χ3v) is 5.07. The van der Waals surface area contributed by atoms with Gasteiger partial charge in [0.05, 0.1) is 35.5 Å². The molecule has 1 aromatic carbocycles. The number of hydrogen-bond acceptors (Lipinski definition) is 3. The van der Waals surface area contributed by atoms with Crippen LogP contribution in [0.15, 0.2) is 30.6 Å². The molecule has 1 saturated heterocycles. The number of rotatable bonds is 3. The molecule has 1 N–H and O–H groups in total. The quantitative estimate of drug-likeness (QED) is 0.877. The number of aromatic nitrogens is 2. The standard InChI is InChI=1S/C17H19Cl2N3O3/c1-11-7-20-22(8-11)10-16-13(9-21(17(23)24)4-5-25-16)12-2-3-14(18)15(19)6-12/h2-3,6-8,13,16H,4-5,9-10H2,1H3,(H,23,24). The van der Waals surface area contributed by atoms with Crippen LogP contribution in [-0.4, -0.2) is 51.7 Å². The monoisotopic (exact) mass is 383 g/mol. The van der Waals surface area contributed by atoms with E-state index in [1.54, 1.807) is 18.3 Å². The molecule has 2 aromatic rings. The average molecular weight is 384 g/mol. The lowest BCUT2D eigenvalue weighted by atomic mass is 9.92. The van der Waals surface area contributed by atoms with Gasteiger partial charge in [-0.1, -0.05) is 29.3 Å². The topological polar surface area (TPSA) is 67.6 Å². The van der Waals surface area contributed by atoms with Crippen molar-refractivity contribution in [1.29, 1.82) is 0 Å². The van der Waals surface area contributed by atoms with Crippen molar-refractivity contribution in [2.45, 2.75) is 25.5 Å². The molecule has 2 atom stereocenters. The summed E-state index contributed by atoms with van der Waals surface area (Å²) in [7, 11) is 0. The van der Waals surface area contributed by atoms with Gasteiger partial charge in [-0.2, -0.15) is 5.10 Å². The largest absolute Gasteiger partial charge is 0.465 e. The van der Waals surface area contributed by atoms with Gasteiger partial charge in [-0.05, 0) is 30.2 Å². The SMILES string of the molecule is Cc1cnn(CC2OCCN(C(=O)O)CC2c2ccc(Cl)c(Cl)c2)c1. The molecule has 1 amide bonds. The number of amides is 1. The first-order chi connectivity index (χ1) is 11.9. The van der Waals surface area contributed by atoms with E-state index in [0.29, 0.717) is 36.3 Å². The molecule has 3 rings (SSSR count). The number of nitrogens with zero attached hydrogens (tertiary/aromatic N) is 3. The van der Waals surface area contributed by atoms with Crippen LogP contribution in [0.3, 0.4) is 0 Å². The van der Waals surface area contributed by atoms with Gasteiger partial charge >= 0.3 is 6.09 Å². The van der Waals surface area contributed by atoms with Gasteiger partial charge in [0, 0.05) is 25.2 Å². The molecular formula is C17H19Cl2N3O3. The van der Waals surface area contributed by atoms with E-state index in [0.717, 1.165) is 11.1 Å². The molecule has 1 aromatic heterocycles. The Hall–Kier alpha value is -1.76. The Bertz CT molecular complexity index is 765. The molecule has 0 spiro atoms. The predicted octanol–water partition coefficient (Wildman–Crippen LogP) is 3.66. The molecule has 0 aliphatic carbocycles. The predicted molar refractivity (Wildman–Crippen MR) is 95.5 cm³/mol. The van der Waals surface area contributed by atoms with Crippen molar-refractivity contribution in [2.75, 3.05) is 19.7 Å². The Morgan fingerprint density at radius 1 is 1.40 bits per heavy atom. The first-order valence-electron chi connectivity index (χ1n) is 7.97. The zero-order valence-electron chi connectivity index (χ0n) is 13.7. The molecule has 0 saturated carbocycles. The second-order valence-electron chi connectivity index (χ2n) is 6.16. The Labute approximate surface area is 155 Å². The number of aryl methyl sites for hydroxylation is 1. The first-order valence-corrected chi connectivity index (χ1v) is 8.73. The molecular weight excluding hydrogens is 365 g/mol. The zero-order chi connectivity index (χ0) is 18.0. The van der Waals surface area contributed by atoms with Crippen molar-refractivity contribution >= 4 is 29.3 Å². The normalized spacial score (nSPS) is 21.2. The number of ether oxygens (including phenoxy) is 1. The molecule has 6 nitrogen and oxygen atoms in total. The fourth-order valence-corrected chi connectivity index (χ4v) is 3.35. The molecule has 0 radical (unpaired) electrons. The summed E-state index contributed by atoms with van der Waals surface area (Å²) in [6, 6.07) is 5.38. The van der Waals surface area contributed by atoms with E-state index in [-0.39, 0.29) is 12.0 Å². The molecule has 8 heteroatoms. The summed E-state index contributed by atoms with van der Waals surface area (Å²) in [5, 5.41) is 14.6. The van der Waals surface area contributed by atoms with Crippen molar-refractivity contribution in [2.24, 2.45) is 0 Å². The molecule has 1 aliphatic rings. The minimum absolute atomic E-state index is 0.169. The highest BCUT2D eigenvalue weighted by Crippen LogP contribution is 2.31. The Morgan fingerprint density at radius 2 is 2.20 bits per heavy atom. The van der Waals surface area contributed by atoms with Crippen LogP contribution in [0.5, 0.6) is 0 Å². The van der Waals surface area contributed by atoms with Crippen molar-refractivity contribution in [3.05, 3.63) is 51.8 Å². The zero-order valence-corrected chi connectivity index (χ0v) is 15.2. The lowest BCUT2D eigenvalue weighted by molar-refractivity contribution is 0.0366. The summed E-state index contributed by atoms with van der Waals surface area (Å²) >= 11 is 12.2. The maximum Gasteiger partial charge on any atom is 0.407 e. The average Bonchev–Trinajstić information content (AvgIpc) is 2.85. The lowest BCUT2D eigenvalue weighted by Gasteiger charge is -2.27. The smallest absolute Gasteiger partial charge is 0.407 e. The second kappa shape index (κ2) is 7.64. The highest BCUT2D eigenvalue weighted by atomic mass is 35.5. The van der Waals surface area contributed by atoms with E-state index in [4.69, 9.17) is 27.9 Å². The summed E-state index contributed by atoms with van der Waals surface area (Å²) in [6.45, 7) is 3.52. The minimum atomic E-state index is -0.954. The van der Waals surface area contributed by atoms with Crippen LogP contribution >= 0.6 is 23.2 Å². The molecule has 0 bridgehead atoms. The van der Waals surface area contributed by atoms with Gasteiger partial charge in [0.1, 0.15) is 0 Å². The van der Waals surface area contributed by atoms with Gasteiger partial charge in [-0.3, -0.25) is 4.68 Å². The van der Waals surface area contributed by atoms with E-state index in [1.807, 2.05) is 23.9 Å². The molecule has 2 heterocycles. The van der Waals surface area contributed by atoms with Gasteiger partial charge in [-0.15, -0.1) is 0 Å². The summed E-state index contributed by atoms with van der Waals surface area (Å²) < 4.78 is 7.81. The van der Waals surface area contributed by atoms with Gasteiger partial charge in [-0.25, -0.2) is 4.79 Å². The summed E-state index contributed by atoms with van der Waals surface area (Å²) in [4.78, 5) is 12.9. The maximum atomic E-state index is 11.5. The number of carbonyl (C=O) groups is 1. The number of hydrogen-bond donors (Lipinski definition) is 1. The number of halogens is 2. The van der Waals surface area contributed by atoms with Crippen LogP contribution in [0, 0.1) is 6.92 Å². The number of benzene rings is 1. The van der Waals surface area contributed by atoms with Crippen LogP contribution in [0.2, 0.25) is 10.0 Å². The van der Waals surface area contributed by atoms with Crippen LogP contribution < -0.4 is 0 Å². The van der Waals surface area contributed by atoms with E-state index < -0.39 is 6.09 Å². The van der Waals surface area contributed by atoms with Crippen LogP contribution in [0.1, 0.15) is 17.0 Å². The van der Waals surface area contributed by atoms with Crippen molar-refractivity contribution in [1.82, 2.24) is 14.7 Å². The van der Waals surface area contributed by atoms with Crippen LogP contribution in [0.4, 0.5) is 4.79 Å². The summed E-state index contributed by atoms with van der Waals surface area (Å²) in [5.74, 6) is -0.169. The fraction of sp³-hybridized carbons (Fsp3) is 0.412. The second-order valence-corrected chi connectivity index (χ2v) is 6.97. The van der Waals surface area contributed by atoms with E-state index >= 15 is 0 Å². The molecule has 2 unspecified atom stereocenters. The Morgan fingerprint density at radius 3 is 2.84 bits per heavy atom. The van der Waals surface area contributed by atoms with Gasteiger partial charge in [0.15, 0.2) is 0 Å². The van der Waals surface area contributed by atoms with E-state index in [9.17, 15) is 9.90 Å². The third kappa shape index (κ3) is 4.26. The molecule has 1 aliphatic heterocycles. The fourth-order valence-electron chi connectivity index (χ4n) is 3.04. The minimum Gasteiger partial charge on any atom is -0.465 e. The third-order valence-electron chi connectivity index (χ3n) is 4.33. The van der Waals surface area contributed by atoms with Gasteiger partial charge < -0.3 is 14.7 Å². The van der Waals surface area contributed by atoms with Gasteiger partial charge in [0.25, 0.3) is 0 Å². The van der Waals surface area contributed by atoms with E-state index in [1.165, 1.54) is 4.90 Å². The molecule has 1 fully saturated rings. The van der Waals surface area contributed by atoms with Crippen molar-refractivity contribution in [3.8, 4) is 0 Å². The molecule has 134 valence electrons. The van der Waals surface area contributed by atoms with E-state index in [2.05, 4.69) is 5.10 Å². The van der Waals surface area contributed by atoms with Crippen molar-refractivity contribution < 1.29 is 14.6 Å². The Balaban J connectivity index is 1.91. The maximum absolute atomic E-state index is 11.5. The Kier molecular flexibility index (Phi) is 5.51. The highest BCUT2D eigenvalue weighted by molar-refractivity contribution is 6.42. The molecule has 25 heavy (non-hydrogen) atoms. The number of carboxylic acid groups (broad SMARTS) is 1. The van der Waals surface area contributed by atoms with Crippen LogP contribution in [-0.2, 0) is 11.3 Å². The first kappa shape index (κ1) is 18.0. The van der Waals surface area contributed by atoms with Gasteiger partial charge in [0.2, 0.25) is 0 Å². The summed E-state index contributed by atoms with van der Waals surface area (Å²) in [5.41, 5.74) is 1.96. The summed E-state index contributed by atoms with van der Waals surface area (Å²) in [6.07, 6.45) is 2.55. The lowest BCUT2D eigenvalue weighted by Crippen LogP contribution is -2.36. The van der Waals surface area contributed by atoms with Crippen molar-refractivity contribution in [3.63, 3.8) is 0 Å².